The lowest BCUT2D eigenvalue weighted by molar-refractivity contribution is -0.136. The van der Waals surface area contributed by atoms with Crippen LogP contribution in [0.4, 0.5) is 0 Å². The molecular weight excluding hydrogens is 242 g/mol. The third-order valence-electron chi connectivity index (χ3n) is 3.30. The lowest BCUT2D eigenvalue weighted by Gasteiger charge is -2.28. The Balaban J connectivity index is 2.87. The number of amides is 1. The third kappa shape index (κ3) is 3.24. The first-order chi connectivity index (χ1) is 8.80. The van der Waals surface area contributed by atoms with Crippen molar-refractivity contribution in [3.8, 4) is 0 Å². The van der Waals surface area contributed by atoms with E-state index in [1.165, 1.54) is 0 Å². The molecule has 3 N–H and O–H groups in total. The molecule has 0 aromatic heterocycles. The van der Waals surface area contributed by atoms with Gasteiger partial charge in [-0.05, 0) is 31.9 Å². The van der Waals surface area contributed by atoms with Gasteiger partial charge in [0.2, 0.25) is 5.91 Å². The fourth-order valence-corrected chi connectivity index (χ4v) is 1.83. The summed E-state index contributed by atoms with van der Waals surface area (Å²) in [5.41, 5.74) is 6.75. The smallest absolute Gasteiger partial charge is 0.235 e. The number of carbonyl (C=O) groups excluding carboxylic acids is 1. The maximum atomic E-state index is 12.3. The van der Waals surface area contributed by atoms with Crippen LogP contribution in [-0.4, -0.2) is 28.9 Å². The number of amidine groups is 1. The Morgan fingerprint density at radius 2 is 2.00 bits per heavy atom. The molecule has 0 heterocycles. The van der Waals surface area contributed by atoms with Crippen molar-refractivity contribution in [3.05, 3.63) is 35.4 Å². The molecule has 1 aromatic carbocycles. The van der Waals surface area contributed by atoms with Crippen LogP contribution in [0.3, 0.4) is 0 Å². The van der Waals surface area contributed by atoms with E-state index in [0.717, 1.165) is 11.1 Å². The normalized spacial score (nSPS) is 12.3. The van der Waals surface area contributed by atoms with E-state index in [1.807, 2.05) is 31.2 Å². The quantitative estimate of drug-likeness (QED) is 0.376. The van der Waals surface area contributed by atoms with E-state index in [4.69, 9.17) is 10.9 Å². The van der Waals surface area contributed by atoms with Crippen LogP contribution in [0.5, 0.6) is 0 Å². The molecule has 1 aromatic rings. The molecule has 104 valence electrons. The van der Waals surface area contributed by atoms with Crippen LogP contribution in [0.15, 0.2) is 29.4 Å². The van der Waals surface area contributed by atoms with E-state index < -0.39 is 5.41 Å². The molecule has 1 amide bonds. The van der Waals surface area contributed by atoms with Gasteiger partial charge in [0.25, 0.3) is 0 Å². The van der Waals surface area contributed by atoms with Crippen LogP contribution in [0.2, 0.25) is 0 Å². The van der Waals surface area contributed by atoms with Gasteiger partial charge in [-0.15, -0.1) is 0 Å². The number of aryl methyl sites for hydroxylation is 1. The number of nitrogens with two attached hydrogens (primary N) is 1. The first kappa shape index (κ1) is 15.0. The molecule has 0 saturated carbocycles. The molecule has 0 aliphatic heterocycles. The molecule has 0 bridgehead atoms. The zero-order valence-corrected chi connectivity index (χ0v) is 11.8. The monoisotopic (exact) mass is 263 g/mol. The van der Waals surface area contributed by atoms with Crippen molar-refractivity contribution < 1.29 is 10.0 Å². The van der Waals surface area contributed by atoms with Gasteiger partial charge in [0, 0.05) is 13.6 Å². The SMILES string of the molecule is Cc1ccccc1CN(C)C(=O)C(C)(C)C(N)=NO. The summed E-state index contributed by atoms with van der Waals surface area (Å²) in [7, 11) is 1.71. The molecular formula is C14H21N3O2. The van der Waals surface area contributed by atoms with Crippen LogP contribution >= 0.6 is 0 Å². The summed E-state index contributed by atoms with van der Waals surface area (Å²) in [6.45, 7) is 5.77. The standard InChI is InChI=1S/C14H21N3O2/c1-10-7-5-6-8-11(10)9-17(4)13(18)14(2,3)12(15)16-19/h5-8,19H,9H2,1-4H3,(H2,15,16). The first-order valence-corrected chi connectivity index (χ1v) is 6.08. The lowest BCUT2D eigenvalue weighted by atomic mass is 9.90. The van der Waals surface area contributed by atoms with E-state index in [9.17, 15) is 4.79 Å². The molecule has 0 radical (unpaired) electrons. The van der Waals surface area contributed by atoms with Gasteiger partial charge in [-0.2, -0.15) is 0 Å². The number of rotatable bonds is 4. The highest BCUT2D eigenvalue weighted by atomic mass is 16.4. The average Bonchev–Trinajstić information content (AvgIpc) is 2.39. The minimum atomic E-state index is -1.02. The van der Waals surface area contributed by atoms with Gasteiger partial charge in [-0.3, -0.25) is 4.79 Å². The molecule has 0 spiro atoms. The van der Waals surface area contributed by atoms with Crippen LogP contribution in [0, 0.1) is 12.3 Å². The van der Waals surface area contributed by atoms with E-state index in [2.05, 4.69) is 5.16 Å². The summed E-state index contributed by atoms with van der Waals surface area (Å²) in [5.74, 6) is -0.278. The zero-order valence-electron chi connectivity index (χ0n) is 11.8. The first-order valence-electron chi connectivity index (χ1n) is 6.08. The van der Waals surface area contributed by atoms with Crippen LogP contribution in [0.25, 0.3) is 0 Å². The number of carbonyl (C=O) groups is 1. The van der Waals surface area contributed by atoms with Crippen molar-refractivity contribution in [2.45, 2.75) is 27.3 Å². The number of hydrogen-bond acceptors (Lipinski definition) is 3. The second kappa shape index (κ2) is 5.73. The van der Waals surface area contributed by atoms with E-state index in [-0.39, 0.29) is 11.7 Å². The Morgan fingerprint density at radius 1 is 1.42 bits per heavy atom. The van der Waals surface area contributed by atoms with Gasteiger partial charge >= 0.3 is 0 Å². The van der Waals surface area contributed by atoms with Gasteiger partial charge in [-0.1, -0.05) is 29.4 Å². The maximum Gasteiger partial charge on any atom is 0.235 e. The second-order valence-corrected chi connectivity index (χ2v) is 5.20. The highest BCUT2D eigenvalue weighted by Crippen LogP contribution is 2.20. The third-order valence-corrected chi connectivity index (χ3v) is 3.30. The molecule has 5 nitrogen and oxygen atoms in total. The molecule has 1 rings (SSSR count). The van der Waals surface area contributed by atoms with Gasteiger partial charge < -0.3 is 15.8 Å². The summed E-state index contributed by atoms with van der Waals surface area (Å²) in [4.78, 5) is 13.9. The predicted molar refractivity (Wildman–Crippen MR) is 74.8 cm³/mol. The number of benzene rings is 1. The molecule has 0 atom stereocenters. The molecule has 0 aliphatic rings. The number of nitrogens with zero attached hydrogens (tertiary/aromatic N) is 2. The number of oxime groups is 1. The van der Waals surface area contributed by atoms with Gasteiger partial charge in [0.15, 0.2) is 5.84 Å². The fraction of sp³-hybridized carbons (Fsp3) is 0.429. The highest BCUT2D eigenvalue weighted by Gasteiger charge is 2.35. The van der Waals surface area contributed by atoms with Crippen LogP contribution < -0.4 is 5.73 Å². The summed E-state index contributed by atoms with van der Waals surface area (Å²) in [6, 6.07) is 7.88. The van der Waals surface area contributed by atoms with Gasteiger partial charge in [0.05, 0.1) is 0 Å². The molecule has 5 heteroatoms. The van der Waals surface area contributed by atoms with Crippen LogP contribution in [-0.2, 0) is 11.3 Å². The van der Waals surface area contributed by atoms with Crippen LogP contribution in [0.1, 0.15) is 25.0 Å². The molecule has 0 saturated heterocycles. The maximum absolute atomic E-state index is 12.3. The number of hydrogen-bond donors (Lipinski definition) is 2. The van der Waals surface area contributed by atoms with Crippen molar-refractivity contribution in [2.75, 3.05) is 7.05 Å². The average molecular weight is 263 g/mol. The van der Waals surface area contributed by atoms with Gasteiger partial charge in [-0.25, -0.2) is 0 Å². The second-order valence-electron chi connectivity index (χ2n) is 5.20. The fourth-order valence-electron chi connectivity index (χ4n) is 1.83. The zero-order chi connectivity index (χ0) is 14.6. The Labute approximate surface area is 113 Å². The van der Waals surface area contributed by atoms with Gasteiger partial charge in [0.1, 0.15) is 5.41 Å². The Hall–Kier alpha value is -2.04. The summed E-state index contributed by atoms with van der Waals surface area (Å²) >= 11 is 0. The highest BCUT2D eigenvalue weighted by molar-refractivity contribution is 6.05. The molecule has 0 unspecified atom stereocenters. The minimum Gasteiger partial charge on any atom is -0.409 e. The summed E-state index contributed by atoms with van der Waals surface area (Å²) < 4.78 is 0. The minimum absolute atomic E-state index is 0.0888. The van der Waals surface area contributed by atoms with E-state index in [0.29, 0.717) is 6.54 Å². The Bertz CT molecular complexity index is 495. The topological polar surface area (TPSA) is 78.9 Å². The largest absolute Gasteiger partial charge is 0.409 e. The molecule has 19 heavy (non-hydrogen) atoms. The Kier molecular flexibility index (Phi) is 4.53. The Morgan fingerprint density at radius 3 is 2.53 bits per heavy atom. The van der Waals surface area contributed by atoms with E-state index in [1.54, 1.807) is 25.8 Å². The lowest BCUT2D eigenvalue weighted by Crippen LogP contribution is -2.46. The summed E-state index contributed by atoms with van der Waals surface area (Å²) in [6.07, 6.45) is 0. The molecule has 0 aliphatic carbocycles. The summed E-state index contributed by atoms with van der Waals surface area (Å²) in [5, 5.41) is 11.7. The van der Waals surface area contributed by atoms with Crippen molar-refractivity contribution >= 4 is 11.7 Å². The van der Waals surface area contributed by atoms with Crippen molar-refractivity contribution in [1.82, 2.24) is 4.90 Å². The van der Waals surface area contributed by atoms with Crippen molar-refractivity contribution in [1.29, 1.82) is 0 Å². The van der Waals surface area contributed by atoms with E-state index >= 15 is 0 Å². The molecule has 0 fully saturated rings. The predicted octanol–water partition coefficient (Wildman–Crippen LogP) is 1.73. The van der Waals surface area contributed by atoms with Crippen molar-refractivity contribution in [3.63, 3.8) is 0 Å². The van der Waals surface area contributed by atoms with Crippen molar-refractivity contribution in [2.24, 2.45) is 16.3 Å².